The van der Waals surface area contributed by atoms with Gasteiger partial charge in [0.1, 0.15) is 0 Å². The zero-order valence-electron chi connectivity index (χ0n) is 11.3. The highest BCUT2D eigenvalue weighted by molar-refractivity contribution is 6.07. The molecule has 0 aromatic rings. The van der Waals surface area contributed by atoms with Crippen molar-refractivity contribution in [3.05, 3.63) is 23.9 Å². The van der Waals surface area contributed by atoms with Crippen molar-refractivity contribution < 1.29 is 19.4 Å². The molecule has 1 fully saturated rings. The molecule has 1 heterocycles. The van der Waals surface area contributed by atoms with Crippen molar-refractivity contribution in [1.29, 1.82) is 0 Å². The lowest BCUT2D eigenvalue weighted by atomic mass is 9.97. The van der Waals surface area contributed by atoms with E-state index in [9.17, 15) is 14.7 Å². The number of carbonyl (C=O) groups excluding carboxylic acids is 2. The SMILES string of the molecule is CCOC(=O)[C@@]1(O)CCN(C2=CC=CCC2C)C1=O. The molecule has 0 spiro atoms. The summed E-state index contributed by atoms with van der Waals surface area (Å²) in [6, 6.07) is 0. The van der Waals surface area contributed by atoms with Gasteiger partial charge in [-0.25, -0.2) is 4.79 Å². The van der Waals surface area contributed by atoms with E-state index < -0.39 is 17.5 Å². The Kier molecular flexibility index (Phi) is 3.75. The second-order valence-electron chi connectivity index (χ2n) is 4.94. The molecule has 2 atom stereocenters. The molecule has 1 N–H and O–H groups in total. The third-order valence-electron chi connectivity index (χ3n) is 3.62. The molecule has 0 aromatic carbocycles. The van der Waals surface area contributed by atoms with Crippen LogP contribution in [0.1, 0.15) is 26.7 Å². The maximum Gasteiger partial charge on any atom is 0.348 e. The second kappa shape index (κ2) is 5.17. The number of hydrogen-bond acceptors (Lipinski definition) is 4. The van der Waals surface area contributed by atoms with Crippen LogP contribution >= 0.6 is 0 Å². The van der Waals surface area contributed by atoms with Gasteiger partial charge in [0, 0.05) is 18.7 Å². The number of rotatable bonds is 3. The molecular weight excluding hydrogens is 246 g/mol. The van der Waals surface area contributed by atoms with Crippen LogP contribution in [0.5, 0.6) is 0 Å². The summed E-state index contributed by atoms with van der Waals surface area (Å²) in [6.45, 7) is 4.16. The van der Waals surface area contributed by atoms with Crippen LogP contribution in [0.2, 0.25) is 0 Å². The van der Waals surface area contributed by atoms with Gasteiger partial charge in [0.05, 0.1) is 6.61 Å². The van der Waals surface area contributed by atoms with E-state index in [1.54, 1.807) is 6.92 Å². The van der Waals surface area contributed by atoms with E-state index in [1.165, 1.54) is 4.90 Å². The van der Waals surface area contributed by atoms with Crippen LogP contribution in [0.4, 0.5) is 0 Å². The van der Waals surface area contributed by atoms with Crippen LogP contribution in [-0.2, 0) is 14.3 Å². The summed E-state index contributed by atoms with van der Waals surface area (Å²) in [7, 11) is 0. The first-order valence-corrected chi connectivity index (χ1v) is 6.59. The van der Waals surface area contributed by atoms with Crippen LogP contribution in [-0.4, -0.2) is 40.6 Å². The van der Waals surface area contributed by atoms with E-state index in [-0.39, 0.29) is 18.9 Å². The van der Waals surface area contributed by atoms with E-state index in [1.807, 2.05) is 25.2 Å². The number of likely N-dealkylation sites (tertiary alicyclic amines) is 1. The molecule has 1 unspecified atom stereocenters. The Hall–Kier alpha value is -1.62. The van der Waals surface area contributed by atoms with Gasteiger partial charge in [-0.2, -0.15) is 0 Å². The Balaban J connectivity index is 2.20. The van der Waals surface area contributed by atoms with E-state index >= 15 is 0 Å². The van der Waals surface area contributed by atoms with Gasteiger partial charge in [0.25, 0.3) is 5.91 Å². The highest BCUT2D eigenvalue weighted by Gasteiger charge is 2.53. The number of amides is 1. The minimum absolute atomic E-state index is 0.0818. The summed E-state index contributed by atoms with van der Waals surface area (Å²) in [5, 5.41) is 10.2. The molecule has 1 aliphatic heterocycles. The first kappa shape index (κ1) is 13.8. The molecule has 1 amide bonds. The Labute approximate surface area is 112 Å². The summed E-state index contributed by atoms with van der Waals surface area (Å²) in [4.78, 5) is 25.5. The zero-order valence-corrected chi connectivity index (χ0v) is 11.3. The Morgan fingerprint density at radius 3 is 3.00 bits per heavy atom. The molecule has 1 saturated heterocycles. The monoisotopic (exact) mass is 265 g/mol. The van der Waals surface area contributed by atoms with Gasteiger partial charge in [-0.15, -0.1) is 0 Å². The van der Waals surface area contributed by atoms with E-state index in [0.29, 0.717) is 6.54 Å². The van der Waals surface area contributed by atoms with Gasteiger partial charge < -0.3 is 14.7 Å². The minimum atomic E-state index is -2.02. The quantitative estimate of drug-likeness (QED) is 0.610. The Morgan fingerprint density at radius 2 is 2.37 bits per heavy atom. The Morgan fingerprint density at radius 1 is 1.63 bits per heavy atom. The average Bonchev–Trinajstić information content (AvgIpc) is 2.69. The number of carbonyl (C=O) groups is 2. The van der Waals surface area contributed by atoms with E-state index in [0.717, 1.165) is 12.1 Å². The van der Waals surface area contributed by atoms with E-state index in [2.05, 4.69) is 0 Å². The zero-order chi connectivity index (χ0) is 14.0. The summed E-state index contributed by atoms with van der Waals surface area (Å²) >= 11 is 0. The molecule has 5 heteroatoms. The van der Waals surface area contributed by atoms with Crippen LogP contribution in [0.15, 0.2) is 23.9 Å². The molecule has 0 bridgehead atoms. The van der Waals surface area contributed by atoms with Gasteiger partial charge >= 0.3 is 5.97 Å². The smallest absolute Gasteiger partial charge is 0.348 e. The van der Waals surface area contributed by atoms with Crippen LogP contribution in [0.3, 0.4) is 0 Å². The number of ether oxygens (including phenoxy) is 1. The number of hydrogen-bond donors (Lipinski definition) is 1. The standard InChI is InChI=1S/C14H19NO4/c1-3-19-13(17)14(18)8-9-15(12(14)16)11-7-5-4-6-10(11)2/h4-5,7,10,18H,3,6,8-9H2,1-2H3/t10?,14-/m1/s1. The maximum absolute atomic E-state index is 12.3. The molecule has 1 aliphatic carbocycles. The lowest BCUT2D eigenvalue weighted by Gasteiger charge is -2.27. The fourth-order valence-corrected chi connectivity index (χ4v) is 2.48. The molecule has 2 rings (SSSR count). The summed E-state index contributed by atoms with van der Waals surface area (Å²) in [5.74, 6) is -1.21. The number of esters is 1. The predicted molar refractivity (Wildman–Crippen MR) is 68.9 cm³/mol. The van der Waals surface area contributed by atoms with Crippen molar-refractivity contribution in [2.45, 2.75) is 32.3 Å². The molecule has 19 heavy (non-hydrogen) atoms. The second-order valence-corrected chi connectivity index (χ2v) is 4.94. The highest BCUT2D eigenvalue weighted by Crippen LogP contribution is 2.32. The number of aliphatic hydroxyl groups is 1. The fraction of sp³-hybridized carbons (Fsp3) is 0.571. The molecule has 2 aliphatic rings. The predicted octanol–water partition coefficient (Wildman–Crippen LogP) is 0.993. The van der Waals surface area contributed by atoms with Gasteiger partial charge in [0.2, 0.25) is 5.60 Å². The maximum atomic E-state index is 12.3. The topological polar surface area (TPSA) is 66.8 Å². The third kappa shape index (κ3) is 2.30. The third-order valence-corrected chi connectivity index (χ3v) is 3.62. The Bertz CT molecular complexity index is 454. The first-order chi connectivity index (χ1) is 9.00. The fourth-order valence-electron chi connectivity index (χ4n) is 2.48. The molecule has 0 aromatic heterocycles. The van der Waals surface area contributed by atoms with Gasteiger partial charge in [-0.05, 0) is 25.3 Å². The van der Waals surface area contributed by atoms with Crippen LogP contribution in [0, 0.1) is 5.92 Å². The number of nitrogens with zero attached hydrogens (tertiary/aromatic N) is 1. The molecule has 0 saturated carbocycles. The molecule has 5 nitrogen and oxygen atoms in total. The molecule has 104 valence electrons. The van der Waals surface area contributed by atoms with Crippen molar-refractivity contribution in [2.75, 3.05) is 13.2 Å². The van der Waals surface area contributed by atoms with Gasteiger partial charge in [0.15, 0.2) is 0 Å². The molecule has 0 radical (unpaired) electrons. The first-order valence-electron chi connectivity index (χ1n) is 6.59. The van der Waals surface area contributed by atoms with Crippen molar-refractivity contribution >= 4 is 11.9 Å². The summed E-state index contributed by atoms with van der Waals surface area (Å²) in [6.07, 6.45) is 6.73. The van der Waals surface area contributed by atoms with Crippen molar-refractivity contribution in [2.24, 2.45) is 5.92 Å². The molecular formula is C14H19NO4. The van der Waals surface area contributed by atoms with Crippen LogP contribution in [0.25, 0.3) is 0 Å². The lowest BCUT2D eigenvalue weighted by Crippen LogP contribution is -2.48. The van der Waals surface area contributed by atoms with Crippen LogP contribution < -0.4 is 0 Å². The van der Waals surface area contributed by atoms with E-state index in [4.69, 9.17) is 4.74 Å². The summed E-state index contributed by atoms with van der Waals surface area (Å²) < 4.78 is 4.79. The van der Waals surface area contributed by atoms with Gasteiger partial charge in [-0.1, -0.05) is 19.1 Å². The van der Waals surface area contributed by atoms with Crippen molar-refractivity contribution in [1.82, 2.24) is 4.90 Å². The summed E-state index contributed by atoms with van der Waals surface area (Å²) in [5.41, 5.74) is -1.16. The largest absolute Gasteiger partial charge is 0.463 e. The lowest BCUT2D eigenvalue weighted by molar-refractivity contribution is -0.170. The van der Waals surface area contributed by atoms with Gasteiger partial charge in [-0.3, -0.25) is 4.79 Å². The highest BCUT2D eigenvalue weighted by atomic mass is 16.6. The minimum Gasteiger partial charge on any atom is -0.463 e. The number of allylic oxidation sites excluding steroid dienone is 4. The van der Waals surface area contributed by atoms with Crippen molar-refractivity contribution in [3.8, 4) is 0 Å². The van der Waals surface area contributed by atoms with Crippen molar-refractivity contribution in [3.63, 3.8) is 0 Å². The average molecular weight is 265 g/mol. The normalized spacial score (nSPS) is 30.5.